The molecule has 2 aromatic rings. The van der Waals surface area contributed by atoms with Crippen LogP contribution in [0.1, 0.15) is 24.0 Å². The van der Waals surface area contributed by atoms with Gasteiger partial charge < -0.3 is 5.32 Å². The standard InChI is InChI=1S/C15H16BrN3S/c1-10-7-18-15(19-8-10)20-14-5-2-11(6-13(14)16)9-17-12-3-4-12/h2,5-8,12,17H,3-4,9H2,1H3. The molecule has 1 N–H and O–H groups in total. The van der Waals surface area contributed by atoms with Crippen molar-refractivity contribution in [3.05, 3.63) is 46.2 Å². The Bertz CT molecular complexity index is 597. The summed E-state index contributed by atoms with van der Waals surface area (Å²) in [4.78, 5) is 9.79. The summed E-state index contributed by atoms with van der Waals surface area (Å²) in [6.45, 7) is 2.93. The van der Waals surface area contributed by atoms with Crippen LogP contribution in [0, 0.1) is 6.92 Å². The number of halogens is 1. The molecule has 1 aromatic heterocycles. The molecule has 1 saturated carbocycles. The lowest BCUT2D eigenvalue weighted by Crippen LogP contribution is -2.15. The zero-order valence-corrected chi connectivity index (χ0v) is 13.7. The molecule has 3 rings (SSSR count). The van der Waals surface area contributed by atoms with Crippen LogP contribution in [0.5, 0.6) is 0 Å². The molecule has 104 valence electrons. The Morgan fingerprint density at radius 1 is 1.30 bits per heavy atom. The third-order valence-electron chi connectivity index (χ3n) is 3.13. The highest BCUT2D eigenvalue weighted by Gasteiger charge is 2.20. The van der Waals surface area contributed by atoms with Crippen LogP contribution in [0.3, 0.4) is 0 Å². The SMILES string of the molecule is Cc1cnc(Sc2ccc(CNC3CC3)cc2Br)nc1. The van der Waals surface area contributed by atoms with Gasteiger partial charge in [0.15, 0.2) is 5.16 Å². The van der Waals surface area contributed by atoms with Crippen LogP contribution in [0.2, 0.25) is 0 Å². The average molecular weight is 350 g/mol. The second-order valence-electron chi connectivity index (χ2n) is 5.06. The number of hydrogen-bond acceptors (Lipinski definition) is 4. The molecule has 1 aliphatic carbocycles. The van der Waals surface area contributed by atoms with Gasteiger partial charge in [-0.05, 0) is 70.7 Å². The lowest BCUT2D eigenvalue weighted by atomic mass is 10.2. The van der Waals surface area contributed by atoms with Crippen LogP contribution >= 0.6 is 27.7 Å². The average Bonchev–Trinajstić information content (AvgIpc) is 3.26. The van der Waals surface area contributed by atoms with Crippen LogP contribution in [0.4, 0.5) is 0 Å². The molecule has 0 amide bonds. The van der Waals surface area contributed by atoms with Crippen LogP contribution < -0.4 is 5.32 Å². The van der Waals surface area contributed by atoms with Crippen molar-refractivity contribution >= 4 is 27.7 Å². The molecule has 0 unspecified atom stereocenters. The molecule has 0 radical (unpaired) electrons. The van der Waals surface area contributed by atoms with Crippen LogP contribution in [0.15, 0.2) is 45.1 Å². The minimum Gasteiger partial charge on any atom is -0.310 e. The number of aryl methyl sites for hydroxylation is 1. The van der Waals surface area contributed by atoms with Crippen molar-refractivity contribution in [1.29, 1.82) is 0 Å². The van der Waals surface area contributed by atoms with Gasteiger partial charge in [0.1, 0.15) is 0 Å². The van der Waals surface area contributed by atoms with E-state index < -0.39 is 0 Å². The maximum Gasteiger partial charge on any atom is 0.192 e. The van der Waals surface area contributed by atoms with Gasteiger partial charge >= 0.3 is 0 Å². The Balaban J connectivity index is 1.68. The largest absolute Gasteiger partial charge is 0.310 e. The summed E-state index contributed by atoms with van der Waals surface area (Å²) in [5.41, 5.74) is 2.38. The molecule has 0 atom stereocenters. The highest BCUT2D eigenvalue weighted by molar-refractivity contribution is 9.10. The van der Waals surface area contributed by atoms with Crippen molar-refractivity contribution in [3.8, 4) is 0 Å². The molecule has 5 heteroatoms. The van der Waals surface area contributed by atoms with E-state index in [0.29, 0.717) is 0 Å². The minimum atomic E-state index is 0.740. The predicted octanol–water partition coefficient (Wildman–Crippen LogP) is 3.95. The first-order valence-corrected chi connectivity index (χ1v) is 8.30. The predicted molar refractivity (Wildman–Crippen MR) is 84.9 cm³/mol. The van der Waals surface area contributed by atoms with Crippen molar-refractivity contribution < 1.29 is 0 Å². The number of hydrogen-bond donors (Lipinski definition) is 1. The number of nitrogens with one attached hydrogen (secondary N) is 1. The minimum absolute atomic E-state index is 0.740. The summed E-state index contributed by atoms with van der Waals surface area (Å²) < 4.78 is 1.10. The Labute approximate surface area is 131 Å². The Kier molecular flexibility index (Phi) is 4.38. The Morgan fingerprint density at radius 3 is 2.70 bits per heavy atom. The zero-order valence-electron chi connectivity index (χ0n) is 11.3. The smallest absolute Gasteiger partial charge is 0.192 e. The molecule has 1 aliphatic rings. The van der Waals surface area contributed by atoms with Crippen molar-refractivity contribution in [2.45, 2.75) is 42.4 Å². The van der Waals surface area contributed by atoms with E-state index in [1.807, 2.05) is 19.3 Å². The van der Waals surface area contributed by atoms with Gasteiger partial charge in [0.25, 0.3) is 0 Å². The molecular weight excluding hydrogens is 334 g/mol. The van der Waals surface area contributed by atoms with Gasteiger partial charge in [-0.3, -0.25) is 0 Å². The number of benzene rings is 1. The Hall–Kier alpha value is -0.910. The molecule has 0 spiro atoms. The lowest BCUT2D eigenvalue weighted by Gasteiger charge is -2.07. The molecule has 3 nitrogen and oxygen atoms in total. The molecule has 0 aliphatic heterocycles. The fraction of sp³-hybridized carbons (Fsp3) is 0.333. The number of aromatic nitrogens is 2. The molecule has 1 fully saturated rings. The van der Waals surface area contributed by atoms with E-state index in [2.05, 4.69) is 49.4 Å². The first-order valence-electron chi connectivity index (χ1n) is 6.69. The second kappa shape index (κ2) is 6.24. The number of rotatable bonds is 5. The summed E-state index contributed by atoms with van der Waals surface area (Å²) >= 11 is 5.22. The summed E-state index contributed by atoms with van der Waals surface area (Å²) in [6, 6.07) is 7.20. The zero-order chi connectivity index (χ0) is 13.9. The normalized spacial score (nSPS) is 14.5. The van der Waals surface area contributed by atoms with E-state index in [-0.39, 0.29) is 0 Å². The van der Waals surface area contributed by atoms with Gasteiger partial charge in [-0.15, -0.1) is 0 Å². The highest BCUT2D eigenvalue weighted by Crippen LogP contribution is 2.32. The molecule has 20 heavy (non-hydrogen) atoms. The Morgan fingerprint density at radius 2 is 2.05 bits per heavy atom. The van der Waals surface area contributed by atoms with E-state index in [4.69, 9.17) is 0 Å². The fourth-order valence-electron chi connectivity index (χ4n) is 1.82. The third kappa shape index (κ3) is 3.81. The maximum atomic E-state index is 4.32. The van der Waals surface area contributed by atoms with Crippen molar-refractivity contribution in [3.63, 3.8) is 0 Å². The van der Waals surface area contributed by atoms with Crippen molar-refractivity contribution in [2.75, 3.05) is 0 Å². The van der Waals surface area contributed by atoms with Crippen LogP contribution in [0.25, 0.3) is 0 Å². The van der Waals surface area contributed by atoms with Gasteiger partial charge in [0, 0.05) is 34.3 Å². The summed E-state index contributed by atoms with van der Waals surface area (Å²) in [5.74, 6) is 0. The third-order valence-corrected chi connectivity index (χ3v) is 5.01. The van der Waals surface area contributed by atoms with E-state index in [9.17, 15) is 0 Å². The topological polar surface area (TPSA) is 37.8 Å². The van der Waals surface area contributed by atoms with E-state index in [0.717, 1.165) is 32.7 Å². The maximum absolute atomic E-state index is 4.32. The summed E-state index contributed by atoms with van der Waals surface area (Å²) in [6.07, 6.45) is 6.33. The summed E-state index contributed by atoms with van der Waals surface area (Å²) in [5, 5.41) is 4.30. The quantitative estimate of drug-likeness (QED) is 0.829. The van der Waals surface area contributed by atoms with Gasteiger partial charge in [-0.2, -0.15) is 0 Å². The molecule has 0 bridgehead atoms. The van der Waals surface area contributed by atoms with E-state index >= 15 is 0 Å². The molecule has 0 saturated heterocycles. The van der Waals surface area contributed by atoms with Gasteiger partial charge in [0.05, 0.1) is 0 Å². The van der Waals surface area contributed by atoms with Crippen LogP contribution in [-0.2, 0) is 6.54 Å². The monoisotopic (exact) mass is 349 g/mol. The fourth-order valence-corrected chi connectivity index (χ4v) is 3.19. The lowest BCUT2D eigenvalue weighted by molar-refractivity contribution is 0.687. The van der Waals surface area contributed by atoms with Crippen LogP contribution in [-0.4, -0.2) is 16.0 Å². The first kappa shape index (κ1) is 14.0. The van der Waals surface area contributed by atoms with Gasteiger partial charge in [0.2, 0.25) is 0 Å². The molecular formula is C15H16BrN3S. The van der Waals surface area contributed by atoms with Crippen molar-refractivity contribution in [2.24, 2.45) is 0 Å². The van der Waals surface area contributed by atoms with Gasteiger partial charge in [-0.25, -0.2) is 9.97 Å². The van der Waals surface area contributed by atoms with Gasteiger partial charge in [-0.1, -0.05) is 6.07 Å². The van der Waals surface area contributed by atoms with E-state index in [1.54, 1.807) is 11.8 Å². The first-order chi connectivity index (χ1) is 9.70. The van der Waals surface area contributed by atoms with Crippen molar-refractivity contribution in [1.82, 2.24) is 15.3 Å². The second-order valence-corrected chi connectivity index (χ2v) is 6.93. The summed E-state index contributed by atoms with van der Waals surface area (Å²) in [7, 11) is 0. The number of nitrogens with zero attached hydrogens (tertiary/aromatic N) is 2. The van der Waals surface area contributed by atoms with E-state index in [1.165, 1.54) is 18.4 Å². The molecule has 1 aromatic carbocycles. The highest BCUT2D eigenvalue weighted by atomic mass is 79.9. The molecule has 1 heterocycles.